The Labute approximate surface area is 222 Å². The van der Waals surface area contributed by atoms with Gasteiger partial charge in [-0.15, -0.1) is 0 Å². The van der Waals surface area contributed by atoms with Gasteiger partial charge in [0.05, 0.1) is 19.0 Å². The summed E-state index contributed by atoms with van der Waals surface area (Å²) in [6.07, 6.45) is 14.4. The predicted molar refractivity (Wildman–Crippen MR) is 151 cm³/mol. The van der Waals surface area contributed by atoms with Crippen molar-refractivity contribution < 1.29 is 14.3 Å². The summed E-state index contributed by atoms with van der Waals surface area (Å²) in [5, 5.41) is 0. The van der Waals surface area contributed by atoms with Crippen molar-refractivity contribution >= 4 is 6.16 Å². The molecule has 0 saturated carbocycles. The van der Waals surface area contributed by atoms with E-state index in [1.165, 1.54) is 62.0 Å². The van der Waals surface area contributed by atoms with E-state index in [1.807, 2.05) is 12.1 Å². The van der Waals surface area contributed by atoms with Gasteiger partial charge in [-0.25, -0.2) is 14.8 Å². The largest absolute Gasteiger partial charge is 0.513 e. The number of hydrogen-bond donors (Lipinski definition) is 0. The zero-order valence-electron chi connectivity index (χ0n) is 22.7. The van der Waals surface area contributed by atoms with Crippen molar-refractivity contribution in [1.82, 2.24) is 9.97 Å². The molecule has 0 fully saturated rings. The Bertz CT molecular complexity index is 1050. The van der Waals surface area contributed by atoms with Crippen molar-refractivity contribution in [3.63, 3.8) is 0 Å². The molecule has 1 atom stereocenters. The standard InChI is InChI=1S/C32H42N2O3/c1-4-6-7-8-9-10-13-26-14-16-27(17-15-26)28-18-20-29(21-19-28)31-33-23-30(24-34-31)37-32(35)36-22-11-12-25(3)5-2/h14-21,23-25H,4-13,22H2,1-3H3/t25-/m0/s1. The highest BCUT2D eigenvalue weighted by Crippen LogP contribution is 2.24. The minimum absolute atomic E-state index is 0.272. The Hall–Kier alpha value is -3.21. The number of nitrogens with zero attached hydrogens (tertiary/aromatic N) is 2. The molecular weight excluding hydrogens is 460 g/mol. The molecule has 0 aliphatic carbocycles. The Morgan fingerprint density at radius 1 is 0.784 bits per heavy atom. The van der Waals surface area contributed by atoms with Crippen LogP contribution in [0.3, 0.4) is 0 Å². The first-order valence-corrected chi connectivity index (χ1v) is 14.0. The first kappa shape index (κ1) is 28.4. The number of ether oxygens (including phenoxy) is 2. The van der Waals surface area contributed by atoms with E-state index in [0.29, 0.717) is 18.3 Å². The van der Waals surface area contributed by atoms with Gasteiger partial charge in [-0.2, -0.15) is 0 Å². The molecule has 0 saturated heterocycles. The average Bonchev–Trinajstić information content (AvgIpc) is 2.94. The van der Waals surface area contributed by atoms with Crippen LogP contribution in [0.15, 0.2) is 60.9 Å². The molecule has 3 aromatic rings. The van der Waals surface area contributed by atoms with Crippen molar-refractivity contribution in [1.29, 1.82) is 0 Å². The molecule has 0 spiro atoms. The second-order valence-corrected chi connectivity index (χ2v) is 9.89. The predicted octanol–water partition coefficient (Wildman–Crippen LogP) is 9.06. The molecule has 0 radical (unpaired) electrons. The minimum atomic E-state index is -0.720. The highest BCUT2D eigenvalue weighted by molar-refractivity contribution is 5.68. The van der Waals surface area contributed by atoms with Crippen molar-refractivity contribution in [3.05, 3.63) is 66.5 Å². The Kier molecular flexibility index (Phi) is 12.1. The number of rotatable bonds is 15. The van der Waals surface area contributed by atoms with Gasteiger partial charge in [0.2, 0.25) is 0 Å². The molecule has 198 valence electrons. The molecule has 37 heavy (non-hydrogen) atoms. The molecular formula is C32H42N2O3. The van der Waals surface area contributed by atoms with Crippen molar-refractivity contribution in [2.45, 2.75) is 85.0 Å². The molecule has 0 unspecified atom stereocenters. The summed E-state index contributed by atoms with van der Waals surface area (Å²) >= 11 is 0. The first-order valence-electron chi connectivity index (χ1n) is 14.0. The van der Waals surface area contributed by atoms with Crippen molar-refractivity contribution in [2.75, 3.05) is 6.61 Å². The van der Waals surface area contributed by atoms with E-state index in [4.69, 9.17) is 9.47 Å². The summed E-state index contributed by atoms with van der Waals surface area (Å²) < 4.78 is 10.3. The SMILES string of the molecule is CCCCCCCCc1ccc(-c2ccc(-c3ncc(OC(=O)OCCC[C@@H](C)CC)cn3)cc2)cc1. The van der Waals surface area contributed by atoms with Crippen LogP contribution in [0, 0.1) is 5.92 Å². The molecule has 3 rings (SSSR count). The normalized spacial score (nSPS) is 11.8. The quantitative estimate of drug-likeness (QED) is 0.153. The molecule has 1 aromatic heterocycles. The van der Waals surface area contributed by atoms with Gasteiger partial charge in [0.25, 0.3) is 0 Å². The van der Waals surface area contributed by atoms with E-state index in [2.05, 4.69) is 67.1 Å². The van der Waals surface area contributed by atoms with Gasteiger partial charge in [0, 0.05) is 5.56 Å². The van der Waals surface area contributed by atoms with Gasteiger partial charge in [-0.1, -0.05) is 108 Å². The van der Waals surface area contributed by atoms with Gasteiger partial charge < -0.3 is 9.47 Å². The molecule has 0 aliphatic rings. The molecule has 5 nitrogen and oxygen atoms in total. The smallest absolute Gasteiger partial charge is 0.434 e. The Morgan fingerprint density at radius 3 is 2.03 bits per heavy atom. The minimum Gasteiger partial charge on any atom is -0.434 e. The fourth-order valence-electron chi connectivity index (χ4n) is 4.22. The summed E-state index contributed by atoms with van der Waals surface area (Å²) in [6.45, 7) is 6.97. The van der Waals surface area contributed by atoms with E-state index in [-0.39, 0.29) is 5.75 Å². The number of hydrogen-bond acceptors (Lipinski definition) is 5. The van der Waals surface area contributed by atoms with Gasteiger partial charge in [0.1, 0.15) is 0 Å². The molecule has 0 bridgehead atoms. The summed E-state index contributed by atoms with van der Waals surface area (Å²) in [6, 6.07) is 17.1. The number of carbonyl (C=O) groups excluding carboxylic acids is 1. The Balaban J connectivity index is 1.46. The van der Waals surface area contributed by atoms with E-state index < -0.39 is 6.16 Å². The van der Waals surface area contributed by atoms with Crippen LogP contribution >= 0.6 is 0 Å². The molecule has 0 amide bonds. The lowest BCUT2D eigenvalue weighted by Gasteiger charge is -2.09. The fraction of sp³-hybridized carbons (Fsp3) is 0.469. The summed E-state index contributed by atoms with van der Waals surface area (Å²) in [5.74, 6) is 1.48. The van der Waals surface area contributed by atoms with Crippen LogP contribution in [0.4, 0.5) is 4.79 Å². The van der Waals surface area contributed by atoms with E-state index in [1.54, 1.807) is 0 Å². The zero-order valence-corrected chi connectivity index (χ0v) is 22.7. The van der Waals surface area contributed by atoms with Crippen LogP contribution in [0.1, 0.15) is 84.1 Å². The summed E-state index contributed by atoms with van der Waals surface area (Å²) in [7, 11) is 0. The third-order valence-corrected chi connectivity index (χ3v) is 6.84. The molecule has 5 heteroatoms. The van der Waals surface area contributed by atoms with Crippen LogP contribution < -0.4 is 4.74 Å². The number of aryl methyl sites for hydroxylation is 1. The van der Waals surface area contributed by atoms with Crippen LogP contribution in [-0.4, -0.2) is 22.7 Å². The lowest BCUT2D eigenvalue weighted by Crippen LogP contribution is -2.12. The third kappa shape index (κ3) is 9.99. The second-order valence-electron chi connectivity index (χ2n) is 9.89. The van der Waals surface area contributed by atoms with Crippen LogP contribution in [-0.2, 0) is 11.2 Å². The van der Waals surface area contributed by atoms with Crippen molar-refractivity contribution in [2.24, 2.45) is 5.92 Å². The average molecular weight is 503 g/mol. The van der Waals surface area contributed by atoms with E-state index in [9.17, 15) is 4.79 Å². The topological polar surface area (TPSA) is 61.3 Å². The summed E-state index contributed by atoms with van der Waals surface area (Å²) in [5.41, 5.74) is 4.67. The highest BCUT2D eigenvalue weighted by Gasteiger charge is 2.09. The molecule has 0 N–H and O–H groups in total. The summed E-state index contributed by atoms with van der Waals surface area (Å²) in [4.78, 5) is 20.6. The Morgan fingerprint density at radius 2 is 1.38 bits per heavy atom. The zero-order chi connectivity index (χ0) is 26.3. The van der Waals surface area contributed by atoms with Gasteiger partial charge in [-0.05, 0) is 48.3 Å². The van der Waals surface area contributed by atoms with Crippen molar-refractivity contribution in [3.8, 4) is 28.3 Å². The highest BCUT2D eigenvalue weighted by atomic mass is 16.7. The molecule has 2 aromatic carbocycles. The monoisotopic (exact) mass is 502 g/mol. The number of unbranched alkanes of at least 4 members (excludes halogenated alkanes) is 5. The number of carbonyl (C=O) groups is 1. The lowest BCUT2D eigenvalue weighted by molar-refractivity contribution is 0.0960. The first-order chi connectivity index (χ1) is 18.1. The van der Waals surface area contributed by atoms with E-state index in [0.717, 1.165) is 36.8 Å². The second kappa shape index (κ2) is 15.8. The van der Waals surface area contributed by atoms with Crippen LogP contribution in [0.5, 0.6) is 5.75 Å². The maximum Gasteiger partial charge on any atom is 0.513 e. The molecule has 1 heterocycles. The van der Waals surface area contributed by atoms with Gasteiger partial charge in [-0.3, -0.25) is 0 Å². The number of aromatic nitrogens is 2. The maximum absolute atomic E-state index is 11.9. The van der Waals surface area contributed by atoms with Gasteiger partial charge >= 0.3 is 6.16 Å². The fourth-order valence-corrected chi connectivity index (χ4v) is 4.22. The molecule has 0 aliphatic heterocycles. The van der Waals surface area contributed by atoms with E-state index >= 15 is 0 Å². The number of benzene rings is 2. The maximum atomic E-state index is 11.9. The lowest BCUT2D eigenvalue weighted by atomic mass is 10.00. The van der Waals surface area contributed by atoms with Crippen LogP contribution in [0.2, 0.25) is 0 Å². The van der Waals surface area contributed by atoms with Gasteiger partial charge in [0.15, 0.2) is 11.6 Å². The third-order valence-electron chi connectivity index (χ3n) is 6.84. The van der Waals surface area contributed by atoms with Crippen LogP contribution in [0.25, 0.3) is 22.5 Å².